The molecule has 0 aliphatic carbocycles. The maximum Gasteiger partial charge on any atom is 0.263 e. The van der Waals surface area contributed by atoms with Crippen LogP contribution in [0.15, 0.2) is 41.3 Å². The average molecular weight is 342 g/mol. The lowest BCUT2D eigenvalue weighted by atomic mass is 10.2. The highest BCUT2D eigenvalue weighted by atomic mass is 35.5. The summed E-state index contributed by atoms with van der Waals surface area (Å²) in [6.45, 7) is 0. The number of rotatable bonds is 3. The highest BCUT2D eigenvalue weighted by molar-refractivity contribution is 7.92. The predicted molar refractivity (Wildman–Crippen MR) is 82.8 cm³/mol. The number of nitriles is 1. The number of hydrogen-bond acceptors (Lipinski definition) is 4. The maximum absolute atomic E-state index is 12.3. The van der Waals surface area contributed by atoms with Crippen LogP contribution in [0.4, 0.5) is 11.4 Å². The van der Waals surface area contributed by atoms with Gasteiger partial charge in [0.1, 0.15) is 4.90 Å². The van der Waals surface area contributed by atoms with E-state index in [1.54, 1.807) is 0 Å². The molecule has 0 heterocycles. The summed E-state index contributed by atoms with van der Waals surface area (Å²) in [5.74, 6) is 0. The number of nitrogens with two attached hydrogens (primary N) is 1. The molecule has 0 radical (unpaired) electrons. The SMILES string of the molecule is N#Cc1ccc(Cl)c(S(=O)(=O)Nc2ccc(N)c(Cl)c2)c1. The molecule has 0 spiro atoms. The minimum Gasteiger partial charge on any atom is -0.398 e. The molecule has 0 amide bonds. The molecule has 2 aromatic rings. The van der Waals surface area contributed by atoms with E-state index in [-0.39, 0.29) is 26.2 Å². The van der Waals surface area contributed by atoms with Gasteiger partial charge in [-0.25, -0.2) is 8.42 Å². The summed E-state index contributed by atoms with van der Waals surface area (Å²) < 4.78 is 26.9. The standard InChI is InChI=1S/C13H9Cl2N3O2S/c14-10-3-1-8(7-16)5-13(10)21(19,20)18-9-2-4-12(17)11(15)6-9/h1-6,18H,17H2. The second kappa shape index (κ2) is 5.82. The molecule has 108 valence electrons. The molecule has 0 aromatic heterocycles. The number of benzene rings is 2. The summed E-state index contributed by atoms with van der Waals surface area (Å²) in [4.78, 5) is -0.184. The maximum atomic E-state index is 12.3. The van der Waals surface area contributed by atoms with Crippen LogP contribution in [0.25, 0.3) is 0 Å². The summed E-state index contributed by atoms with van der Waals surface area (Å²) in [6.07, 6.45) is 0. The summed E-state index contributed by atoms with van der Waals surface area (Å²) in [5.41, 5.74) is 6.33. The Morgan fingerprint density at radius 2 is 1.81 bits per heavy atom. The highest BCUT2D eigenvalue weighted by Crippen LogP contribution is 2.27. The first-order valence-corrected chi connectivity index (χ1v) is 7.85. The van der Waals surface area contributed by atoms with Crippen LogP contribution in [0.2, 0.25) is 10.0 Å². The van der Waals surface area contributed by atoms with E-state index in [0.29, 0.717) is 5.69 Å². The Morgan fingerprint density at radius 3 is 2.43 bits per heavy atom. The van der Waals surface area contributed by atoms with Crippen LogP contribution in [-0.2, 0) is 10.0 Å². The first kappa shape index (κ1) is 15.4. The van der Waals surface area contributed by atoms with Gasteiger partial charge in [-0.1, -0.05) is 23.2 Å². The van der Waals surface area contributed by atoms with Crippen molar-refractivity contribution in [1.82, 2.24) is 0 Å². The van der Waals surface area contributed by atoms with Gasteiger partial charge in [-0.05, 0) is 36.4 Å². The fraction of sp³-hybridized carbons (Fsp3) is 0. The van der Waals surface area contributed by atoms with Crippen LogP contribution in [0.1, 0.15) is 5.56 Å². The van der Waals surface area contributed by atoms with Gasteiger partial charge in [-0.2, -0.15) is 5.26 Å². The topological polar surface area (TPSA) is 96.0 Å². The van der Waals surface area contributed by atoms with Gasteiger partial charge in [0.2, 0.25) is 0 Å². The van der Waals surface area contributed by atoms with Gasteiger partial charge in [-0.3, -0.25) is 4.72 Å². The van der Waals surface area contributed by atoms with Crippen molar-refractivity contribution in [3.05, 3.63) is 52.0 Å². The summed E-state index contributed by atoms with van der Waals surface area (Å²) in [6, 6.07) is 10.2. The summed E-state index contributed by atoms with van der Waals surface area (Å²) >= 11 is 11.7. The number of anilines is 2. The fourth-order valence-electron chi connectivity index (χ4n) is 1.58. The van der Waals surface area contributed by atoms with Gasteiger partial charge in [0.05, 0.1) is 33.1 Å². The molecule has 0 unspecified atom stereocenters. The largest absolute Gasteiger partial charge is 0.398 e. The third-order valence-electron chi connectivity index (χ3n) is 2.60. The lowest BCUT2D eigenvalue weighted by Gasteiger charge is -2.10. The minimum atomic E-state index is -3.94. The molecule has 2 aromatic carbocycles. The van der Waals surface area contributed by atoms with Gasteiger partial charge in [0.25, 0.3) is 10.0 Å². The Bertz CT molecular complexity index is 845. The molecule has 2 rings (SSSR count). The molecule has 0 fully saturated rings. The van der Waals surface area contributed by atoms with E-state index in [1.165, 1.54) is 36.4 Å². The number of halogens is 2. The Labute approximate surface area is 132 Å². The minimum absolute atomic E-state index is 0.0167. The fourth-order valence-corrected chi connectivity index (χ4v) is 3.34. The average Bonchev–Trinajstić information content (AvgIpc) is 2.43. The Hall–Kier alpha value is -1.94. The van der Waals surface area contributed by atoms with E-state index >= 15 is 0 Å². The van der Waals surface area contributed by atoms with E-state index in [2.05, 4.69) is 4.72 Å². The van der Waals surface area contributed by atoms with Crippen LogP contribution in [0, 0.1) is 11.3 Å². The summed E-state index contributed by atoms with van der Waals surface area (Å²) in [7, 11) is -3.94. The number of nitrogens with one attached hydrogen (secondary N) is 1. The van der Waals surface area contributed by atoms with E-state index in [1.807, 2.05) is 6.07 Å². The Balaban J connectivity index is 2.43. The molecule has 3 N–H and O–H groups in total. The van der Waals surface area contributed by atoms with Crippen LogP contribution < -0.4 is 10.5 Å². The highest BCUT2D eigenvalue weighted by Gasteiger charge is 2.19. The lowest BCUT2D eigenvalue weighted by molar-refractivity contribution is 0.601. The van der Waals surface area contributed by atoms with E-state index in [0.717, 1.165) is 0 Å². The molecule has 5 nitrogen and oxygen atoms in total. The molecule has 0 bridgehead atoms. The number of nitrogens with zero attached hydrogens (tertiary/aromatic N) is 1. The van der Waals surface area contributed by atoms with Crippen molar-refractivity contribution in [1.29, 1.82) is 5.26 Å². The van der Waals surface area contributed by atoms with Crippen LogP contribution in [0.3, 0.4) is 0 Å². The third-order valence-corrected chi connectivity index (χ3v) is 4.79. The zero-order valence-corrected chi connectivity index (χ0v) is 12.8. The van der Waals surface area contributed by atoms with Crippen molar-refractivity contribution in [2.24, 2.45) is 0 Å². The molecule has 0 saturated carbocycles. The number of nitrogen functional groups attached to an aromatic ring is 1. The second-order valence-electron chi connectivity index (χ2n) is 4.10. The van der Waals surface area contributed by atoms with Crippen molar-refractivity contribution in [3.63, 3.8) is 0 Å². The van der Waals surface area contributed by atoms with Gasteiger partial charge >= 0.3 is 0 Å². The number of sulfonamides is 1. The van der Waals surface area contributed by atoms with E-state index < -0.39 is 10.0 Å². The van der Waals surface area contributed by atoms with Crippen LogP contribution in [0.5, 0.6) is 0 Å². The third kappa shape index (κ3) is 3.39. The monoisotopic (exact) mass is 341 g/mol. The van der Waals surface area contributed by atoms with Crippen LogP contribution in [-0.4, -0.2) is 8.42 Å². The lowest BCUT2D eigenvalue weighted by Crippen LogP contribution is -2.13. The smallest absolute Gasteiger partial charge is 0.263 e. The Morgan fingerprint density at radius 1 is 1.10 bits per heavy atom. The van der Waals surface area contributed by atoms with Crippen molar-refractivity contribution < 1.29 is 8.42 Å². The van der Waals surface area contributed by atoms with Crippen LogP contribution >= 0.6 is 23.2 Å². The molecule has 8 heteroatoms. The van der Waals surface area contributed by atoms with Gasteiger partial charge < -0.3 is 5.73 Å². The molecular weight excluding hydrogens is 333 g/mol. The van der Waals surface area contributed by atoms with Gasteiger partial charge in [0.15, 0.2) is 0 Å². The molecule has 21 heavy (non-hydrogen) atoms. The molecule has 0 atom stereocenters. The predicted octanol–water partition coefficient (Wildman–Crippen LogP) is 3.25. The van der Waals surface area contributed by atoms with Crippen molar-refractivity contribution in [2.75, 3.05) is 10.5 Å². The Kier molecular flexibility index (Phi) is 4.28. The first-order chi connectivity index (χ1) is 9.83. The molecular formula is C13H9Cl2N3O2S. The van der Waals surface area contributed by atoms with Gasteiger partial charge in [0, 0.05) is 0 Å². The second-order valence-corrected chi connectivity index (χ2v) is 6.56. The quantitative estimate of drug-likeness (QED) is 0.837. The molecule has 0 aliphatic rings. The van der Waals surface area contributed by atoms with E-state index in [9.17, 15) is 8.42 Å². The summed E-state index contributed by atoms with van der Waals surface area (Å²) in [5, 5.41) is 9.08. The molecule has 0 aliphatic heterocycles. The van der Waals surface area contributed by atoms with Gasteiger partial charge in [-0.15, -0.1) is 0 Å². The van der Waals surface area contributed by atoms with Crippen molar-refractivity contribution in [3.8, 4) is 6.07 Å². The zero-order chi connectivity index (χ0) is 15.6. The van der Waals surface area contributed by atoms with E-state index in [4.69, 9.17) is 34.2 Å². The first-order valence-electron chi connectivity index (χ1n) is 5.61. The van der Waals surface area contributed by atoms with Crippen molar-refractivity contribution >= 4 is 44.6 Å². The number of hydrogen-bond donors (Lipinski definition) is 2. The molecule has 0 saturated heterocycles. The van der Waals surface area contributed by atoms with Crippen molar-refractivity contribution in [2.45, 2.75) is 4.90 Å². The normalized spacial score (nSPS) is 10.9. The zero-order valence-electron chi connectivity index (χ0n) is 10.5.